The first kappa shape index (κ1) is 32.4. The molecular weight excluding hydrogens is 625 g/mol. The minimum Gasteiger partial charge on any atom is -0.341 e. The molecular formula is C33H30Cl2F6N2O. The van der Waals surface area contributed by atoms with Crippen molar-refractivity contribution in [2.75, 3.05) is 33.2 Å². The van der Waals surface area contributed by atoms with Gasteiger partial charge in [0.05, 0.1) is 21.2 Å². The van der Waals surface area contributed by atoms with Crippen LogP contribution in [0.3, 0.4) is 0 Å². The van der Waals surface area contributed by atoms with Crippen LogP contribution < -0.4 is 0 Å². The van der Waals surface area contributed by atoms with Crippen LogP contribution in [0.15, 0.2) is 66.7 Å². The second-order valence-corrected chi connectivity index (χ2v) is 12.4. The van der Waals surface area contributed by atoms with Gasteiger partial charge in [0, 0.05) is 30.5 Å². The fraction of sp³-hybridized carbons (Fsp3) is 0.364. The molecule has 0 unspecified atom stereocenters. The molecule has 1 amide bonds. The van der Waals surface area contributed by atoms with Crippen molar-refractivity contribution < 1.29 is 31.1 Å². The van der Waals surface area contributed by atoms with Gasteiger partial charge < -0.3 is 9.80 Å². The van der Waals surface area contributed by atoms with Crippen molar-refractivity contribution >= 4 is 35.2 Å². The van der Waals surface area contributed by atoms with Crippen LogP contribution in [0.1, 0.15) is 63.4 Å². The van der Waals surface area contributed by atoms with Gasteiger partial charge in [0.25, 0.3) is 5.91 Å². The summed E-state index contributed by atoms with van der Waals surface area (Å²) >= 11 is 12.4. The Morgan fingerprint density at radius 2 is 1.55 bits per heavy atom. The minimum atomic E-state index is -5.05. The predicted molar refractivity (Wildman–Crippen MR) is 160 cm³/mol. The summed E-state index contributed by atoms with van der Waals surface area (Å²) in [6.07, 6.45) is -3.15. The number of likely N-dealkylation sites (tertiary alicyclic amines) is 1. The van der Waals surface area contributed by atoms with Crippen LogP contribution in [0.4, 0.5) is 26.3 Å². The topological polar surface area (TPSA) is 23.6 Å². The van der Waals surface area contributed by atoms with Crippen LogP contribution in [0.25, 0.3) is 6.08 Å². The maximum Gasteiger partial charge on any atom is 0.416 e. The Bertz CT molecular complexity index is 1530. The second-order valence-electron chi connectivity index (χ2n) is 11.6. The van der Waals surface area contributed by atoms with Gasteiger partial charge in [-0.15, -0.1) is 0 Å². The monoisotopic (exact) mass is 654 g/mol. The van der Waals surface area contributed by atoms with Gasteiger partial charge in [0.1, 0.15) is 0 Å². The van der Waals surface area contributed by atoms with E-state index in [1.165, 1.54) is 18.2 Å². The third kappa shape index (κ3) is 6.95. The highest BCUT2D eigenvalue weighted by atomic mass is 35.5. The first-order chi connectivity index (χ1) is 20.7. The van der Waals surface area contributed by atoms with E-state index in [0.29, 0.717) is 35.1 Å². The SMILES string of the molecule is CN(C[C@@H](CCN1CCC2(C=Cc3ccccc32)CC1)c1ccc(Cl)c(Cl)c1)C(=O)c1cc(C(F)(F)F)cc(C(F)(F)F)c1. The summed E-state index contributed by atoms with van der Waals surface area (Å²) in [5, 5.41) is 0.649. The number of carbonyl (C=O) groups is 1. The Labute approximate surface area is 262 Å². The van der Waals surface area contributed by atoms with E-state index in [9.17, 15) is 31.1 Å². The fourth-order valence-corrected chi connectivity index (χ4v) is 6.53. The van der Waals surface area contributed by atoms with E-state index < -0.39 is 35.0 Å². The van der Waals surface area contributed by atoms with E-state index in [0.717, 1.165) is 36.4 Å². The smallest absolute Gasteiger partial charge is 0.341 e. The van der Waals surface area contributed by atoms with Gasteiger partial charge in [-0.3, -0.25) is 4.79 Å². The molecule has 44 heavy (non-hydrogen) atoms. The maximum atomic E-state index is 13.4. The second kappa shape index (κ2) is 12.4. The van der Waals surface area contributed by atoms with Crippen molar-refractivity contribution in [1.82, 2.24) is 9.80 Å². The molecule has 1 aliphatic carbocycles. The zero-order valence-corrected chi connectivity index (χ0v) is 25.3. The zero-order chi connectivity index (χ0) is 31.9. The van der Waals surface area contributed by atoms with Gasteiger partial charge in [-0.1, -0.05) is 65.7 Å². The molecule has 0 N–H and O–H groups in total. The summed E-state index contributed by atoms with van der Waals surface area (Å²) in [7, 11) is 1.37. The summed E-state index contributed by atoms with van der Waals surface area (Å²) in [5.74, 6) is -1.26. The Hall–Kier alpha value is -3.01. The first-order valence-corrected chi connectivity index (χ1v) is 14.9. The summed E-state index contributed by atoms with van der Waals surface area (Å²) in [6, 6.07) is 14.4. The minimum absolute atomic E-state index is 0.0119. The van der Waals surface area contributed by atoms with Gasteiger partial charge in [0.15, 0.2) is 0 Å². The van der Waals surface area contributed by atoms with E-state index in [-0.39, 0.29) is 23.9 Å². The van der Waals surface area contributed by atoms with Crippen LogP contribution in [0.2, 0.25) is 10.0 Å². The molecule has 234 valence electrons. The van der Waals surface area contributed by atoms with Crippen LogP contribution in [-0.2, 0) is 17.8 Å². The first-order valence-electron chi connectivity index (χ1n) is 14.2. The van der Waals surface area contributed by atoms with Crippen molar-refractivity contribution in [3.63, 3.8) is 0 Å². The summed E-state index contributed by atoms with van der Waals surface area (Å²) < 4.78 is 80.6. The number of nitrogens with zero attached hydrogens (tertiary/aromatic N) is 2. The number of allylic oxidation sites excluding steroid dienone is 1. The molecule has 1 saturated heterocycles. The third-order valence-electron chi connectivity index (χ3n) is 8.71. The van der Waals surface area contributed by atoms with Crippen molar-refractivity contribution in [2.24, 2.45) is 0 Å². The van der Waals surface area contributed by atoms with Crippen LogP contribution in [0, 0.1) is 0 Å². The average Bonchev–Trinajstić information content (AvgIpc) is 3.33. The largest absolute Gasteiger partial charge is 0.416 e. The number of likely N-dealkylation sites (N-methyl/N-ethyl adjacent to an activating group) is 1. The van der Waals surface area contributed by atoms with Crippen LogP contribution >= 0.6 is 23.2 Å². The van der Waals surface area contributed by atoms with Gasteiger partial charge in [-0.25, -0.2) is 0 Å². The molecule has 0 aromatic heterocycles. The number of piperidine rings is 1. The highest BCUT2D eigenvalue weighted by Gasteiger charge is 2.39. The summed E-state index contributed by atoms with van der Waals surface area (Å²) in [5.41, 5.74) is -0.383. The molecule has 1 atom stereocenters. The molecule has 0 bridgehead atoms. The highest BCUT2D eigenvalue weighted by molar-refractivity contribution is 6.42. The van der Waals surface area contributed by atoms with Gasteiger partial charge in [0.2, 0.25) is 0 Å². The van der Waals surface area contributed by atoms with E-state index in [1.807, 2.05) is 6.07 Å². The number of hydrogen-bond acceptors (Lipinski definition) is 2. The molecule has 1 aliphatic heterocycles. The fourth-order valence-electron chi connectivity index (χ4n) is 6.23. The van der Waals surface area contributed by atoms with Crippen molar-refractivity contribution in [3.8, 4) is 0 Å². The molecule has 1 heterocycles. The van der Waals surface area contributed by atoms with Crippen molar-refractivity contribution in [3.05, 3.63) is 110 Å². The number of halogens is 8. The maximum absolute atomic E-state index is 13.4. The predicted octanol–water partition coefficient (Wildman–Crippen LogP) is 9.34. The number of amides is 1. The molecule has 0 radical (unpaired) electrons. The molecule has 1 fully saturated rings. The molecule has 0 saturated carbocycles. The number of rotatable bonds is 7. The highest BCUT2D eigenvalue weighted by Crippen LogP contribution is 2.44. The number of hydrogen-bond donors (Lipinski definition) is 0. The van der Waals surface area contributed by atoms with Crippen molar-refractivity contribution in [1.29, 1.82) is 0 Å². The average molecular weight is 656 g/mol. The standard InChI is InChI=1S/C33H30Cl2F6N2O/c1-42(30(44)24-16-25(32(36,37)38)19-26(17-24)33(39,40)41)20-23(22-6-7-28(34)29(35)18-22)9-13-43-14-11-31(12-15-43)10-8-21-4-2-3-5-27(21)31/h2-8,10,16-19,23H,9,11-15,20H2,1H3/t23-/m1/s1. The molecule has 1 spiro atoms. The summed E-state index contributed by atoms with van der Waals surface area (Å²) in [6.45, 7) is 2.43. The Morgan fingerprint density at radius 1 is 0.909 bits per heavy atom. The normalized spacial score (nSPS) is 17.1. The van der Waals surface area contributed by atoms with Gasteiger partial charge in [-0.05, 0) is 85.9 Å². The third-order valence-corrected chi connectivity index (χ3v) is 9.45. The van der Waals surface area contributed by atoms with E-state index in [2.05, 4.69) is 35.3 Å². The molecule has 3 aromatic rings. The molecule has 3 aromatic carbocycles. The number of carbonyl (C=O) groups excluding carboxylic acids is 1. The molecule has 5 rings (SSSR count). The number of alkyl halides is 6. The Balaban J connectivity index is 1.32. The Kier molecular flexibility index (Phi) is 9.13. The number of fused-ring (bicyclic) bond motifs is 2. The lowest BCUT2D eigenvalue weighted by Crippen LogP contribution is -2.42. The van der Waals surface area contributed by atoms with Crippen LogP contribution in [0.5, 0.6) is 0 Å². The zero-order valence-electron chi connectivity index (χ0n) is 23.8. The van der Waals surface area contributed by atoms with E-state index >= 15 is 0 Å². The number of benzene rings is 3. The Morgan fingerprint density at radius 3 is 2.16 bits per heavy atom. The van der Waals surface area contributed by atoms with E-state index in [4.69, 9.17) is 23.2 Å². The van der Waals surface area contributed by atoms with Crippen molar-refractivity contribution in [2.45, 2.75) is 42.9 Å². The molecule has 3 nitrogen and oxygen atoms in total. The lowest BCUT2D eigenvalue weighted by molar-refractivity contribution is -0.143. The lowest BCUT2D eigenvalue weighted by Gasteiger charge is -2.40. The lowest BCUT2D eigenvalue weighted by atomic mass is 9.74. The molecule has 2 aliphatic rings. The van der Waals surface area contributed by atoms with Gasteiger partial charge >= 0.3 is 12.4 Å². The van der Waals surface area contributed by atoms with Gasteiger partial charge in [-0.2, -0.15) is 26.3 Å². The van der Waals surface area contributed by atoms with E-state index in [1.54, 1.807) is 18.2 Å². The quantitative estimate of drug-likeness (QED) is 0.237. The van der Waals surface area contributed by atoms with Crippen LogP contribution in [-0.4, -0.2) is 48.9 Å². The summed E-state index contributed by atoms with van der Waals surface area (Å²) in [4.78, 5) is 16.8. The molecule has 11 heteroatoms.